The Morgan fingerprint density at radius 1 is 1.09 bits per heavy atom. The van der Waals surface area contributed by atoms with Crippen LogP contribution in [-0.4, -0.2) is 16.2 Å². The number of nitrogens with one attached hydrogen (secondary N) is 1. The van der Waals surface area contributed by atoms with Gasteiger partial charge in [0.2, 0.25) is 17.5 Å². The third kappa shape index (κ3) is 3.28. The van der Waals surface area contributed by atoms with Gasteiger partial charge in [-0.15, -0.1) is 5.10 Å². The van der Waals surface area contributed by atoms with Gasteiger partial charge in [0.1, 0.15) is 17.4 Å². The zero-order valence-electron chi connectivity index (χ0n) is 16.6. The number of aromatic amines is 1. The predicted molar refractivity (Wildman–Crippen MR) is 113 cm³/mol. The number of fused-ring (bicyclic) bond motifs is 1. The van der Waals surface area contributed by atoms with Gasteiger partial charge in [-0.05, 0) is 35.4 Å². The second-order valence-corrected chi connectivity index (χ2v) is 7.04. The van der Waals surface area contributed by atoms with Crippen molar-refractivity contribution in [3.63, 3.8) is 0 Å². The number of allylic oxidation sites excluding steroid dienone is 1. The molecule has 8 nitrogen and oxygen atoms in total. The molecule has 1 aliphatic heterocycles. The number of nitrogens with zero attached hydrogens (tertiary/aromatic N) is 2. The molecule has 4 aromatic rings. The quantitative estimate of drug-likeness (QED) is 0.373. The summed E-state index contributed by atoms with van der Waals surface area (Å²) >= 11 is 0. The molecule has 0 bridgehead atoms. The van der Waals surface area contributed by atoms with E-state index < -0.39 is 11.9 Å². The maximum atomic E-state index is 12.1. The highest BCUT2D eigenvalue weighted by atomic mass is 16.5. The third-order valence-electron chi connectivity index (χ3n) is 5.15. The highest BCUT2D eigenvalue weighted by Gasteiger charge is 2.35. The fourth-order valence-electron chi connectivity index (χ4n) is 3.68. The van der Waals surface area contributed by atoms with Crippen molar-refractivity contribution >= 4 is 5.97 Å². The number of nitriles is 1. The molecule has 3 heterocycles. The summed E-state index contributed by atoms with van der Waals surface area (Å²) in [6, 6.07) is 21.8. The first kappa shape index (κ1) is 19.2. The van der Waals surface area contributed by atoms with Crippen LogP contribution in [0.4, 0.5) is 0 Å². The molecule has 2 aromatic carbocycles. The lowest BCUT2D eigenvalue weighted by Gasteiger charge is -2.24. The van der Waals surface area contributed by atoms with Crippen LogP contribution in [0.2, 0.25) is 0 Å². The van der Waals surface area contributed by atoms with Crippen LogP contribution in [0.3, 0.4) is 0 Å². The first-order valence-electron chi connectivity index (χ1n) is 9.72. The molecular weight excluding hydrogens is 408 g/mol. The lowest BCUT2D eigenvalue weighted by molar-refractivity contribution is 0.0701. The van der Waals surface area contributed by atoms with E-state index in [1.54, 1.807) is 30.3 Å². The minimum Gasteiger partial charge on any atom is -0.457 e. The number of benzene rings is 2. The molecule has 5 rings (SSSR count). The number of carbonyl (C=O) groups excluding carboxylic acids is 1. The first-order chi connectivity index (χ1) is 15.7. The molecule has 1 unspecified atom stereocenters. The van der Waals surface area contributed by atoms with Crippen LogP contribution in [0.1, 0.15) is 27.6 Å². The molecule has 8 heteroatoms. The first-order valence-corrected chi connectivity index (χ1v) is 9.72. The molecule has 2 aromatic heterocycles. The van der Waals surface area contributed by atoms with Crippen LogP contribution in [0.15, 0.2) is 88.9 Å². The molecule has 0 radical (unpaired) electrons. The number of hydrogen-bond donors (Lipinski definition) is 2. The van der Waals surface area contributed by atoms with Crippen LogP contribution in [-0.2, 0) is 0 Å². The summed E-state index contributed by atoms with van der Waals surface area (Å²) in [6.45, 7) is 0. The van der Waals surface area contributed by atoms with Gasteiger partial charge in [0, 0.05) is 0 Å². The second-order valence-electron chi connectivity index (χ2n) is 7.04. The lowest BCUT2D eigenvalue weighted by Crippen LogP contribution is -2.21. The molecule has 0 amide bonds. The zero-order valence-corrected chi connectivity index (χ0v) is 16.6. The van der Waals surface area contributed by atoms with Gasteiger partial charge in [0.15, 0.2) is 0 Å². The summed E-state index contributed by atoms with van der Waals surface area (Å²) in [5.41, 5.74) is 9.42. The molecule has 156 valence electrons. The van der Waals surface area contributed by atoms with Gasteiger partial charge >= 0.3 is 5.97 Å². The Bertz CT molecular complexity index is 1350. The minimum absolute atomic E-state index is 0.00411. The van der Waals surface area contributed by atoms with E-state index in [0.29, 0.717) is 17.2 Å². The van der Waals surface area contributed by atoms with Gasteiger partial charge in [-0.2, -0.15) is 5.26 Å². The van der Waals surface area contributed by atoms with Gasteiger partial charge in [-0.1, -0.05) is 42.5 Å². The Labute approximate surface area is 182 Å². The van der Waals surface area contributed by atoms with E-state index >= 15 is 0 Å². The van der Waals surface area contributed by atoms with Crippen molar-refractivity contribution in [3.05, 3.63) is 101 Å². The molecule has 1 aliphatic rings. The maximum absolute atomic E-state index is 12.1. The molecule has 3 N–H and O–H groups in total. The maximum Gasteiger partial charge on any atom is 0.379 e. The molecule has 0 fully saturated rings. The molecule has 0 spiro atoms. The summed E-state index contributed by atoms with van der Waals surface area (Å²) in [5, 5.41) is 17.1. The van der Waals surface area contributed by atoms with E-state index in [-0.39, 0.29) is 17.2 Å². The van der Waals surface area contributed by atoms with Gasteiger partial charge in [0.25, 0.3) is 0 Å². The fourth-order valence-corrected chi connectivity index (χ4v) is 3.68. The molecule has 0 aliphatic carbocycles. The van der Waals surface area contributed by atoms with Crippen molar-refractivity contribution in [3.8, 4) is 29.0 Å². The number of esters is 1. The molecule has 0 saturated heterocycles. The van der Waals surface area contributed by atoms with E-state index in [0.717, 1.165) is 16.8 Å². The highest BCUT2D eigenvalue weighted by Crippen LogP contribution is 2.45. The normalized spacial score (nSPS) is 14.9. The number of carbonyl (C=O) groups is 1. The Hall–Kier alpha value is -4.77. The van der Waals surface area contributed by atoms with Crippen molar-refractivity contribution in [1.82, 2.24) is 10.2 Å². The number of aromatic nitrogens is 2. The smallest absolute Gasteiger partial charge is 0.379 e. The van der Waals surface area contributed by atoms with Crippen molar-refractivity contribution in [2.24, 2.45) is 5.73 Å². The predicted octanol–water partition coefficient (Wildman–Crippen LogP) is 4.11. The van der Waals surface area contributed by atoms with Gasteiger partial charge in [-0.25, -0.2) is 4.79 Å². The Kier molecular flexibility index (Phi) is 4.69. The summed E-state index contributed by atoms with van der Waals surface area (Å²) in [6.07, 6.45) is 1.40. The number of H-pyrrole nitrogens is 1. The van der Waals surface area contributed by atoms with Crippen molar-refractivity contribution in [2.45, 2.75) is 5.92 Å². The molecule has 1 atom stereocenters. The van der Waals surface area contributed by atoms with Crippen molar-refractivity contribution < 1.29 is 18.7 Å². The standard InChI is InChI=1S/C24H16N4O4/c25-13-17-19(14-8-10-16(11-9-14)31-24(29)18-7-4-12-30-18)20-21(15-5-2-1-3-6-15)27-28-23(20)32-22(17)26/h1-12,19H,26H2,(H,27,28). The number of rotatable bonds is 4. The van der Waals surface area contributed by atoms with E-state index in [1.807, 2.05) is 30.3 Å². The second kappa shape index (κ2) is 7.81. The summed E-state index contributed by atoms with van der Waals surface area (Å²) in [7, 11) is 0. The largest absolute Gasteiger partial charge is 0.457 e. The van der Waals surface area contributed by atoms with E-state index in [2.05, 4.69) is 16.3 Å². The number of furan rings is 1. The molecule has 0 saturated carbocycles. The van der Waals surface area contributed by atoms with E-state index in [1.165, 1.54) is 12.3 Å². The Balaban J connectivity index is 1.53. The molecule has 32 heavy (non-hydrogen) atoms. The van der Waals surface area contributed by atoms with Crippen molar-refractivity contribution in [1.29, 1.82) is 5.26 Å². The van der Waals surface area contributed by atoms with Gasteiger partial charge in [0.05, 0.1) is 23.4 Å². The third-order valence-corrected chi connectivity index (χ3v) is 5.15. The summed E-state index contributed by atoms with van der Waals surface area (Å²) in [4.78, 5) is 12.1. The Morgan fingerprint density at radius 3 is 2.56 bits per heavy atom. The SMILES string of the molecule is N#CC1=C(N)Oc2n[nH]c(-c3ccccc3)c2C1c1ccc(OC(=O)c2ccco2)cc1. The average Bonchev–Trinajstić information content (AvgIpc) is 3.50. The van der Waals surface area contributed by atoms with E-state index in [9.17, 15) is 10.1 Å². The van der Waals surface area contributed by atoms with Crippen LogP contribution in [0, 0.1) is 11.3 Å². The highest BCUT2D eigenvalue weighted by molar-refractivity contribution is 5.88. The lowest BCUT2D eigenvalue weighted by atomic mass is 9.83. The van der Waals surface area contributed by atoms with Gasteiger partial charge in [-0.3, -0.25) is 5.10 Å². The minimum atomic E-state index is -0.598. The van der Waals surface area contributed by atoms with Crippen LogP contribution >= 0.6 is 0 Å². The zero-order chi connectivity index (χ0) is 22.1. The topological polar surface area (TPSA) is 127 Å². The summed E-state index contributed by atoms with van der Waals surface area (Å²) in [5.74, 6) is -0.334. The van der Waals surface area contributed by atoms with Crippen molar-refractivity contribution in [2.75, 3.05) is 0 Å². The summed E-state index contributed by atoms with van der Waals surface area (Å²) < 4.78 is 16.0. The van der Waals surface area contributed by atoms with E-state index in [4.69, 9.17) is 19.6 Å². The van der Waals surface area contributed by atoms with Crippen LogP contribution in [0.5, 0.6) is 11.6 Å². The fraction of sp³-hybridized carbons (Fsp3) is 0.0417. The van der Waals surface area contributed by atoms with Crippen LogP contribution < -0.4 is 15.2 Å². The number of hydrogen-bond acceptors (Lipinski definition) is 7. The average molecular weight is 424 g/mol. The molecular formula is C24H16N4O4. The number of ether oxygens (including phenoxy) is 2. The van der Waals surface area contributed by atoms with Crippen LogP contribution in [0.25, 0.3) is 11.3 Å². The Morgan fingerprint density at radius 2 is 1.88 bits per heavy atom. The monoisotopic (exact) mass is 424 g/mol. The number of nitrogens with two attached hydrogens (primary N) is 1. The van der Waals surface area contributed by atoms with Gasteiger partial charge < -0.3 is 19.6 Å².